The molecule has 1 amide bonds. The minimum atomic E-state index is -0.426. The van der Waals surface area contributed by atoms with Crippen molar-refractivity contribution in [3.05, 3.63) is 5.01 Å². The second kappa shape index (κ2) is 7.26. The van der Waals surface area contributed by atoms with Crippen molar-refractivity contribution in [2.75, 3.05) is 25.0 Å². The molecule has 0 radical (unpaired) electrons. The first-order valence-electron chi connectivity index (χ1n) is 7.91. The number of carbonyl (C=O) groups is 1. The van der Waals surface area contributed by atoms with Gasteiger partial charge in [0.1, 0.15) is 10.6 Å². The molecule has 1 aromatic rings. The average molecular weight is 326 g/mol. The van der Waals surface area contributed by atoms with Gasteiger partial charge in [-0.05, 0) is 46.0 Å². The number of aromatic nitrogens is 2. The normalized spacial score (nSPS) is 16.6. The summed E-state index contributed by atoms with van der Waals surface area (Å²) in [5.41, 5.74) is -0.426. The fraction of sp³-hybridized carbons (Fsp3) is 0.800. The van der Waals surface area contributed by atoms with Gasteiger partial charge in [0.2, 0.25) is 5.13 Å². The number of piperidine rings is 1. The third-order valence-corrected chi connectivity index (χ3v) is 4.60. The van der Waals surface area contributed by atoms with Crippen molar-refractivity contribution in [1.29, 1.82) is 0 Å². The molecule has 0 spiro atoms. The molecule has 0 unspecified atom stereocenters. The highest BCUT2D eigenvalue weighted by molar-refractivity contribution is 7.15. The van der Waals surface area contributed by atoms with Gasteiger partial charge in [-0.2, -0.15) is 0 Å². The number of amides is 1. The highest BCUT2D eigenvalue weighted by atomic mass is 32.1. The Morgan fingerprint density at radius 3 is 2.59 bits per heavy atom. The van der Waals surface area contributed by atoms with Crippen LogP contribution in [0.3, 0.4) is 0 Å². The zero-order chi connectivity index (χ0) is 16.2. The van der Waals surface area contributed by atoms with Crippen LogP contribution in [0.4, 0.5) is 9.93 Å². The van der Waals surface area contributed by atoms with Crippen molar-refractivity contribution in [2.24, 2.45) is 5.92 Å². The highest BCUT2D eigenvalue weighted by Gasteiger charge is 2.26. The first-order chi connectivity index (χ1) is 10.4. The number of nitrogens with zero attached hydrogens (tertiary/aromatic N) is 3. The number of hydrogen-bond donors (Lipinski definition) is 1. The van der Waals surface area contributed by atoms with Crippen LogP contribution in [0.2, 0.25) is 0 Å². The zero-order valence-electron chi connectivity index (χ0n) is 13.9. The molecule has 0 bridgehead atoms. The summed E-state index contributed by atoms with van der Waals surface area (Å²) < 4.78 is 5.41. The molecule has 124 valence electrons. The monoisotopic (exact) mass is 326 g/mol. The Labute approximate surface area is 136 Å². The predicted octanol–water partition coefficient (Wildman–Crippen LogP) is 3.16. The van der Waals surface area contributed by atoms with Crippen LogP contribution in [-0.4, -0.2) is 46.4 Å². The standard InChI is InChI=1S/C15H26N4O2S/c1-5-12-17-18-13(22-12)16-10-11-6-8-19(9-7-11)14(20)21-15(2,3)4/h11H,5-10H2,1-4H3,(H,16,18). The minimum absolute atomic E-state index is 0.198. The fourth-order valence-corrected chi connectivity index (χ4v) is 3.03. The average Bonchev–Trinajstić information content (AvgIpc) is 2.92. The zero-order valence-corrected chi connectivity index (χ0v) is 14.7. The van der Waals surface area contributed by atoms with E-state index in [1.54, 1.807) is 11.3 Å². The Morgan fingerprint density at radius 1 is 1.36 bits per heavy atom. The molecule has 1 fully saturated rings. The minimum Gasteiger partial charge on any atom is -0.444 e. The molecule has 2 heterocycles. The Bertz CT molecular complexity index is 490. The van der Waals surface area contributed by atoms with Crippen LogP contribution >= 0.6 is 11.3 Å². The van der Waals surface area contributed by atoms with Crippen LogP contribution in [0, 0.1) is 5.92 Å². The van der Waals surface area contributed by atoms with Crippen molar-refractivity contribution in [3.63, 3.8) is 0 Å². The molecule has 22 heavy (non-hydrogen) atoms. The summed E-state index contributed by atoms with van der Waals surface area (Å²) >= 11 is 1.62. The number of ether oxygens (including phenoxy) is 1. The largest absolute Gasteiger partial charge is 0.444 e. The summed E-state index contributed by atoms with van der Waals surface area (Å²) in [6.45, 7) is 10.2. The van der Waals surface area contributed by atoms with E-state index in [0.717, 1.165) is 49.0 Å². The summed E-state index contributed by atoms with van der Waals surface area (Å²) in [5, 5.41) is 13.5. The fourth-order valence-electron chi connectivity index (χ4n) is 2.35. The molecule has 6 nitrogen and oxygen atoms in total. The Kier molecular flexibility index (Phi) is 5.61. The first-order valence-corrected chi connectivity index (χ1v) is 8.73. The molecule has 1 saturated heterocycles. The number of likely N-dealkylation sites (tertiary alicyclic amines) is 1. The third kappa shape index (κ3) is 5.12. The molecule has 1 aliphatic rings. The molecule has 1 aromatic heterocycles. The number of anilines is 1. The second-order valence-electron chi connectivity index (χ2n) is 6.65. The maximum Gasteiger partial charge on any atom is 0.410 e. The molecule has 0 aliphatic carbocycles. The lowest BCUT2D eigenvalue weighted by atomic mass is 9.97. The van der Waals surface area contributed by atoms with E-state index in [4.69, 9.17) is 4.74 Å². The van der Waals surface area contributed by atoms with Gasteiger partial charge in [0.25, 0.3) is 0 Å². The molecular weight excluding hydrogens is 300 g/mol. The van der Waals surface area contributed by atoms with E-state index in [0.29, 0.717) is 5.92 Å². The van der Waals surface area contributed by atoms with E-state index < -0.39 is 5.60 Å². The molecule has 0 saturated carbocycles. The maximum absolute atomic E-state index is 12.0. The summed E-state index contributed by atoms with van der Waals surface area (Å²) in [4.78, 5) is 13.8. The van der Waals surface area contributed by atoms with Gasteiger partial charge in [-0.3, -0.25) is 0 Å². The van der Waals surface area contributed by atoms with Crippen molar-refractivity contribution in [1.82, 2.24) is 15.1 Å². The SMILES string of the molecule is CCc1nnc(NCC2CCN(C(=O)OC(C)(C)C)CC2)s1. The molecule has 1 N–H and O–H groups in total. The van der Waals surface area contributed by atoms with Crippen LogP contribution in [0.25, 0.3) is 0 Å². The van der Waals surface area contributed by atoms with Gasteiger partial charge in [-0.25, -0.2) is 4.79 Å². The maximum atomic E-state index is 12.0. The van der Waals surface area contributed by atoms with Gasteiger partial charge >= 0.3 is 6.09 Å². The third-order valence-electron chi connectivity index (χ3n) is 3.58. The molecule has 0 aromatic carbocycles. The van der Waals surface area contributed by atoms with Crippen molar-refractivity contribution < 1.29 is 9.53 Å². The van der Waals surface area contributed by atoms with E-state index in [1.165, 1.54) is 0 Å². The van der Waals surface area contributed by atoms with Gasteiger partial charge in [0.15, 0.2) is 0 Å². The Morgan fingerprint density at radius 2 is 2.05 bits per heavy atom. The van der Waals surface area contributed by atoms with Crippen molar-refractivity contribution in [3.8, 4) is 0 Å². The predicted molar refractivity (Wildman–Crippen MR) is 88.3 cm³/mol. The van der Waals surface area contributed by atoms with E-state index >= 15 is 0 Å². The number of rotatable bonds is 4. The van der Waals surface area contributed by atoms with Crippen LogP contribution in [0.1, 0.15) is 45.5 Å². The smallest absolute Gasteiger partial charge is 0.410 e. The molecule has 2 rings (SSSR count). The van der Waals surface area contributed by atoms with Crippen molar-refractivity contribution in [2.45, 2.75) is 52.6 Å². The van der Waals surface area contributed by atoms with E-state index in [1.807, 2.05) is 25.7 Å². The Balaban J connectivity index is 1.72. The van der Waals surface area contributed by atoms with Gasteiger partial charge in [-0.1, -0.05) is 18.3 Å². The van der Waals surface area contributed by atoms with Crippen LogP contribution in [0.15, 0.2) is 0 Å². The van der Waals surface area contributed by atoms with Gasteiger partial charge < -0.3 is 15.0 Å². The highest BCUT2D eigenvalue weighted by Crippen LogP contribution is 2.21. The van der Waals surface area contributed by atoms with E-state index in [-0.39, 0.29) is 6.09 Å². The van der Waals surface area contributed by atoms with Gasteiger partial charge in [0.05, 0.1) is 0 Å². The second-order valence-corrected chi connectivity index (χ2v) is 7.71. The number of aryl methyl sites for hydroxylation is 1. The van der Waals surface area contributed by atoms with Crippen LogP contribution in [0.5, 0.6) is 0 Å². The Hall–Kier alpha value is -1.37. The first kappa shape index (κ1) is 17.0. The molecule has 1 aliphatic heterocycles. The molecular formula is C15H26N4O2S. The topological polar surface area (TPSA) is 67.4 Å². The van der Waals surface area contributed by atoms with Crippen LogP contribution in [-0.2, 0) is 11.2 Å². The summed E-state index contributed by atoms with van der Waals surface area (Å²) in [6.07, 6.45) is 2.71. The summed E-state index contributed by atoms with van der Waals surface area (Å²) in [5.74, 6) is 0.563. The van der Waals surface area contributed by atoms with Gasteiger partial charge in [-0.15, -0.1) is 10.2 Å². The molecule has 0 atom stereocenters. The van der Waals surface area contributed by atoms with Crippen molar-refractivity contribution >= 4 is 22.6 Å². The lowest BCUT2D eigenvalue weighted by Gasteiger charge is -2.33. The summed E-state index contributed by atoms with van der Waals surface area (Å²) in [7, 11) is 0. The summed E-state index contributed by atoms with van der Waals surface area (Å²) in [6, 6.07) is 0. The van der Waals surface area contributed by atoms with E-state index in [2.05, 4.69) is 22.4 Å². The molecule has 7 heteroatoms. The van der Waals surface area contributed by atoms with Crippen LogP contribution < -0.4 is 5.32 Å². The lowest BCUT2D eigenvalue weighted by molar-refractivity contribution is 0.0188. The number of hydrogen-bond acceptors (Lipinski definition) is 6. The lowest BCUT2D eigenvalue weighted by Crippen LogP contribution is -2.42. The quantitative estimate of drug-likeness (QED) is 0.920. The number of carbonyl (C=O) groups excluding carboxylic acids is 1. The van der Waals surface area contributed by atoms with Gasteiger partial charge in [0, 0.05) is 19.6 Å². The van der Waals surface area contributed by atoms with E-state index in [9.17, 15) is 4.79 Å². The number of nitrogens with one attached hydrogen (secondary N) is 1.